The van der Waals surface area contributed by atoms with Crippen LogP contribution in [-0.4, -0.2) is 45.4 Å². The topological polar surface area (TPSA) is 131 Å². The van der Waals surface area contributed by atoms with Gasteiger partial charge in [-0.15, -0.1) is 0 Å². The minimum atomic E-state index is -3.93. The predicted molar refractivity (Wildman–Crippen MR) is 90.2 cm³/mol. The van der Waals surface area contributed by atoms with E-state index in [2.05, 4.69) is 15.4 Å². The van der Waals surface area contributed by atoms with Crippen molar-refractivity contribution in [1.29, 1.82) is 0 Å². The van der Waals surface area contributed by atoms with Crippen LogP contribution in [0, 0.1) is 0 Å². The molecule has 0 aliphatic heterocycles. The summed E-state index contributed by atoms with van der Waals surface area (Å²) in [5.41, 5.74) is 0.446. The monoisotopic (exact) mass is 371 g/mol. The molecule has 0 aromatic heterocycles. The number of hydrogen-bond acceptors (Lipinski definition) is 6. The van der Waals surface area contributed by atoms with Gasteiger partial charge in [0.05, 0.1) is 4.90 Å². The molecule has 25 heavy (non-hydrogen) atoms. The van der Waals surface area contributed by atoms with Crippen molar-refractivity contribution in [2.75, 3.05) is 18.4 Å². The van der Waals surface area contributed by atoms with Gasteiger partial charge in [0.15, 0.2) is 6.10 Å². The van der Waals surface area contributed by atoms with Crippen LogP contribution < -0.4 is 15.4 Å². The summed E-state index contributed by atoms with van der Waals surface area (Å²) in [5.74, 6) is -1.62. The maximum absolute atomic E-state index is 12.1. The van der Waals surface area contributed by atoms with E-state index in [1.807, 2.05) is 0 Å². The average Bonchev–Trinajstić information content (AvgIpc) is 2.53. The van der Waals surface area contributed by atoms with Crippen LogP contribution >= 0.6 is 0 Å². The highest BCUT2D eigenvalue weighted by Crippen LogP contribution is 2.13. The van der Waals surface area contributed by atoms with Gasteiger partial charge in [-0.3, -0.25) is 14.4 Å². The first-order valence-corrected chi connectivity index (χ1v) is 8.98. The Labute approximate surface area is 146 Å². The van der Waals surface area contributed by atoms with E-state index in [9.17, 15) is 22.8 Å². The van der Waals surface area contributed by atoms with Crippen molar-refractivity contribution in [3.8, 4) is 0 Å². The Morgan fingerprint density at radius 3 is 2.28 bits per heavy atom. The molecule has 0 unspecified atom stereocenters. The van der Waals surface area contributed by atoms with E-state index in [0.29, 0.717) is 12.2 Å². The Kier molecular flexibility index (Phi) is 7.52. The van der Waals surface area contributed by atoms with Crippen LogP contribution in [0.3, 0.4) is 0 Å². The highest BCUT2D eigenvalue weighted by molar-refractivity contribution is 7.89. The van der Waals surface area contributed by atoms with Crippen LogP contribution in [0.1, 0.15) is 20.8 Å². The van der Waals surface area contributed by atoms with E-state index >= 15 is 0 Å². The number of ether oxygens (including phenoxy) is 1. The van der Waals surface area contributed by atoms with Gasteiger partial charge < -0.3 is 15.4 Å². The lowest BCUT2D eigenvalue weighted by Gasteiger charge is -2.13. The summed E-state index contributed by atoms with van der Waals surface area (Å²) in [7, 11) is -3.93. The normalized spacial score (nSPS) is 12.1. The number of carbonyl (C=O) groups is 3. The van der Waals surface area contributed by atoms with Gasteiger partial charge in [0.1, 0.15) is 6.54 Å². The van der Waals surface area contributed by atoms with Crippen LogP contribution in [0.4, 0.5) is 5.69 Å². The molecule has 0 saturated carbocycles. The van der Waals surface area contributed by atoms with E-state index in [0.717, 1.165) is 0 Å². The molecule has 1 aromatic rings. The molecule has 0 bridgehead atoms. The minimum Gasteiger partial charge on any atom is -0.452 e. The van der Waals surface area contributed by atoms with Gasteiger partial charge >= 0.3 is 5.97 Å². The first kappa shape index (κ1) is 20.6. The molecule has 10 heteroatoms. The largest absolute Gasteiger partial charge is 0.452 e. The van der Waals surface area contributed by atoms with Crippen LogP contribution in [0.25, 0.3) is 0 Å². The quantitative estimate of drug-likeness (QED) is 0.551. The number of nitrogens with one attached hydrogen (secondary N) is 3. The standard InChI is InChI=1S/C15H21N3O6S/c1-4-16-15(21)10(2)24-14(20)9-17-25(22,23)13-7-5-12(6-8-13)18-11(3)19/h5-8,10,17H,4,9H2,1-3H3,(H,16,21)(H,18,19)/t10-/m1/s1. The van der Waals surface area contributed by atoms with Crippen molar-refractivity contribution in [1.82, 2.24) is 10.0 Å². The lowest BCUT2D eigenvalue weighted by atomic mass is 10.3. The lowest BCUT2D eigenvalue weighted by molar-refractivity contribution is -0.153. The predicted octanol–water partition coefficient (Wildman–Crippen LogP) is -0.00890. The number of benzene rings is 1. The van der Waals surface area contributed by atoms with Gasteiger partial charge in [0, 0.05) is 19.2 Å². The molecule has 1 atom stereocenters. The fourth-order valence-corrected chi connectivity index (χ4v) is 2.74. The van der Waals surface area contributed by atoms with E-state index in [1.165, 1.54) is 38.1 Å². The van der Waals surface area contributed by atoms with Crippen LogP contribution in [0.5, 0.6) is 0 Å². The number of likely N-dealkylation sites (N-methyl/N-ethyl adjacent to an activating group) is 1. The number of carbonyl (C=O) groups excluding carboxylic acids is 3. The van der Waals surface area contributed by atoms with E-state index in [4.69, 9.17) is 4.74 Å². The smallest absolute Gasteiger partial charge is 0.321 e. The molecule has 0 fully saturated rings. The number of anilines is 1. The second-order valence-corrected chi connectivity index (χ2v) is 6.82. The summed E-state index contributed by atoms with van der Waals surface area (Å²) in [5, 5.41) is 4.99. The number of sulfonamides is 1. The number of esters is 1. The first-order chi connectivity index (χ1) is 11.7. The zero-order valence-corrected chi connectivity index (χ0v) is 15.0. The number of hydrogen-bond donors (Lipinski definition) is 3. The third-order valence-electron chi connectivity index (χ3n) is 2.92. The molecule has 0 saturated heterocycles. The summed E-state index contributed by atoms with van der Waals surface area (Å²) in [6, 6.07) is 5.42. The molecule has 2 amide bonds. The molecule has 1 rings (SSSR count). The van der Waals surface area contributed by atoms with E-state index in [-0.39, 0.29) is 10.8 Å². The molecule has 0 radical (unpaired) electrons. The van der Waals surface area contributed by atoms with E-state index < -0.39 is 34.5 Å². The number of amides is 2. The summed E-state index contributed by atoms with van der Waals surface area (Å²) in [4.78, 5) is 33.9. The van der Waals surface area contributed by atoms with Crippen molar-refractivity contribution in [3.63, 3.8) is 0 Å². The summed E-state index contributed by atoms with van der Waals surface area (Å²) in [6.07, 6.45) is -1.02. The summed E-state index contributed by atoms with van der Waals surface area (Å²) >= 11 is 0. The third kappa shape index (κ3) is 6.89. The van der Waals surface area contributed by atoms with Gasteiger partial charge in [0.25, 0.3) is 5.91 Å². The van der Waals surface area contributed by atoms with Crippen LogP contribution in [0.15, 0.2) is 29.2 Å². The Morgan fingerprint density at radius 2 is 1.76 bits per heavy atom. The number of rotatable bonds is 8. The van der Waals surface area contributed by atoms with E-state index in [1.54, 1.807) is 6.92 Å². The Hall–Kier alpha value is -2.46. The maximum Gasteiger partial charge on any atom is 0.321 e. The molecule has 3 N–H and O–H groups in total. The summed E-state index contributed by atoms with van der Waals surface area (Å²) < 4.78 is 31.1. The maximum atomic E-state index is 12.1. The minimum absolute atomic E-state index is 0.0776. The highest BCUT2D eigenvalue weighted by Gasteiger charge is 2.20. The van der Waals surface area contributed by atoms with Crippen molar-refractivity contribution < 1.29 is 27.5 Å². The molecule has 138 valence electrons. The lowest BCUT2D eigenvalue weighted by Crippen LogP contribution is -2.38. The zero-order valence-electron chi connectivity index (χ0n) is 14.2. The van der Waals surface area contributed by atoms with Crippen LogP contribution in [0.2, 0.25) is 0 Å². The third-order valence-corrected chi connectivity index (χ3v) is 4.34. The van der Waals surface area contributed by atoms with Crippen molar-refractivity contribution in [3.05, 3.63) is 24.3 Å². The van der Waals surface area contributed by atoms with Crippen LogP contribution in [-0.2, 0) is 29.1 Å². The molecule has 1 aromatic carbocycles. The Morgan fingerprint density at radius 1 is 1.16 bits per heavy atom. The van der Waals surface area contributed by atoms with Gasteiger partial charge in [-0.1, -0.05) is 0 Å². The molecule has 0 aliphatic rings. The Bertz CT molecular complexity index is 730. The molecule has 0 spiro atoms. The fraction of sp³-hybridized carbons (Fsp3) is 0.400. The zero-order chi connectivity index (χ0) is 19.0. The van der Waals surface area contributed by atoms with Gasteiger partial charge in [-0.2, -0.15) is 4.72 Å². The van der Waals surface area contributed by atoms with Crippen molar-refractivity contribution in [2.24, 2.45) is 0 Å². The first-order valence-electron chi connectivity index (χ1n) is 7.50. The van der Waals surface area contributed by atoms with Crippen molar-refractivity contribution in [2.45, 2.75) is 31.8 Å². The molecular weight excluding hydrogens is 350 g/mol. The fourth-order valence-electron chi connectivity index (χ4n) is 1.77. The van der Waals surface area contributed by atoms with Gasteiger partial charge in [-0.25, -0.2) is 8.42 Å². The molecule has 9 nitrogen and oxygen atoms in total. The molecule has 0 aliphatic carbocycles. The second kappa shape index (κ2) is 9.14. The van der Waals surface area contributed by atoms with Gasteiger partial charge in [-0.05, 0) is 38.1 Å². The highest BCUT2D eigenvalue weighted by atomic mass is 32.2. The van der Waals surface area contributed by atoms with Crippen molar-refractivity contribution >= 4 is 33.5 Å². The second-order valence-electron chi connectivity index (χ2n) is 5.06. The Balaban J connectivity index is 2.61. The van der Waals surface area contributed by atoms with Gasteiger partial charge in [0.2, 0.25) is 15.9 Å². The summed E-state index contributed by atoms with van der Waals surface area (Å²) in [6.45, 7) is 4.22. The molecule has 0 heterocycles. The average molecular weight is 371 g/mol. The SMILES string of the molecule is CCNC(=O)[C@@H](C)OC(=O)CNS(=O)(=O)c1ccc(NC(C)=O)cc1. The molecular formula is C15H21N3O6S.